The van der Waals surface area contributed by atoms with Gasteiger partial charge in [0.1, 0.15) is 0 Å². The molecule has 0 aliphatic rings. The summed E-state index contributed by atoms with van der Waals surface area (Å²) in [5.74, 6) is 1.01. The predicted octanol–water partition coefficient (Wildman–Crippen LogP) is 2.98. The quantitative estimate of drug-likeness (QED) is 0.751. The van der Waals surface area contributed by atoms with Crippen molar-refractivity contribution in [3.8, 4) is 0 Å². The monoisotopic (exact) mass is 203 g/mol. The molecule has 2 aromatic heterocycles. The molecule has 3 heteroatoms. The molecule has 0 atom stereocenters. The molecule has 0 amide bonds. The fourth-order valence-electron chi connectivity index (χ4n) is 1.73. The molecule has 0 saturated heterocycles. The first kappa shape index (κ1) is 10.1. The van der Waals surface area contributed by atoms with Gasteiger partial charge in [0.2, 0.25) is 0 Å². The highest BCUT2D eigenvalue weighted by molar-refractivity contribution is 5.48. The van der Waals surface area contributed by atoms with Gasteiger partial charge in [0.15, 0.2) is 0 Å². The third kappa shape index (κ3) is 1.74. The van der Waals surface area contributed by atoms with Crippen LogP contribution in [0.1, 0.15) is 50.8 Å². The van der Waals surface area contributed by atoms with Gasteiger partial charge in [0, 0.05) is 5.69 Å². The molecule has 0 radical (unpaired) electrons. The Morgan fingerprint density at radius 3 is 2.40 bits per heavy atom. The Morgan fingerprint density at radius 2 is 1.80 bits per heavy atom. The second kappa shape index (κ2) is 3.65. The predicted molar refractivity (Wildman–Crippen MR) is 61.2 cm³/mol. The lowest BCUT2D eigenvalue weighted by molar-refractivity contribution is 0.721. The smallest absolute Gasteiger partial charge is 0.0871 e. The summed E-state index contributed by atoms with van der Waals surface area (Å²) in [6.07, 6.45) is 1.82. The van der Waals surface area contributed by atoms with E-state index in [9.17, 15) is 0 Å². The van der Waals surface area contributed by atoms with Gasteiger partial charge in [-0.15, -0.1) is 5.10 Å². The van der Waals surface area contributed by atoms with Crippen molar-refractivity contribution < 1.29 is 0 Å². The molecule has 0 unspecified atom stereocenters. The molecule has 80 valence electrons. The normalized spacial score (nSPS) is 11.9. The minimum Gasteiger partial charge on any atom is -0.217 e. The third-order valence-corrected chi connectivity index (χ3v) is 2.71. The number of rotatable bonds is 2. The SMILES string of the molecule is CC(C)c1cc(C(C)C)n2nncc2c1. The largest absolute Gasteiger partial charge is 0.217 e. The van der Waals surface area contributed by atoms with Crippen LogP contribution in [-0.4, -0.2) is 14.8 Å². The average Bonchev–Trinajstić information content (AvgIpc) is 2.62. The second-order valence-electron chi connectivity index (χ2n) is 4.59. The van der Waals surface area contributed by atoms with Gasteiger partial charge >= 0.3 is 0 Å². The van der Waals surface area contributed by atoms with Crippen molar-refractivity contribution in [2.24, 2.45) is 0 Å². The second-order valence-corrected chi connectivity index (χ2v) is 4.59. The van der Waals surface area contributed by atoms with Crippen molar-refractivity contribution in [1.29, 1.82) is 0 Å². The summed E-state index contributed by atoms with van der Waals surface area (Å²) in [6, 6.07) is 4.40. The Kier molecular flexibility index (Phi) is 2.47. The fourth-order valence-corrected chi connectivity index (χ4v) is 1.73. The van der Waals surface area contributed by atoms with Gasteiger partial charge in [-0.2, -0.15) is 0 Å². The standard InChI is InChI=1S/C12H17N3/c1-8(2)10-5-11-7-13-14-15(11)12(6-10)9(3)4/h5-9H,1-4H3. The first-order chi connectivity index (χ1) is 7.09. The van der Waals surface area contributed by atoms with Gasteiger partial charge in [-0.1, -0.05) is 32.9 Å². The Labute approximate surface area is 90.1 Å². The number of fused-ring (bicyclic) bond motifs is 1. The maximum atomic E-state index is 4.11. The fraction of sp³-hybridized carbons (Fsp3) is 0.500. The number of aromatic nitrogens is 3. The number of hydrogen-bond donors (Lipinski definition) is 0. The van der Waals surface area contributed by atoms with Crippen molar-refractivity contribution in [3.05, 3.63) is 29.6 Å². The molecular formula is C12H17N3. The van der Waals surface area contributed by atoms with Crippen molar-refractivity contribution in [2.75, 3.05) is 0 Å². The van der Waals surface area contributed by atoms with Crippen LogP contribution in [-0.2, 0) is 0 Å². The average molecular weight is 203 g/mol. The maximum Gasteiger partial charge on any atom is 0.0871 e. The van der Waals surface area contributed by atoms with Gasteiger partial charge in [-0.3, -0.25) is 0 Å². The van der Waals surface area contributed by atoms with Crippen LogP contribution in [0, 0.1) is 0 Å². The Bertz CT molecular complexity index is 469. The van der Waals surface area contributed by atoms with Crippen molar-refractivity contribution >= 4 is 5.52 Å². The minimum atomic E-state index is 0.466. The highest BCUT2D eigenvalue weighted by atomic mass is 15.4. The summed E-state index contributed by atoms with van der Waals surface area (Å²) in [6.45, 7) is 8.78. The molecule has 0 spiro atoms. The van der Waals surface area contributed by atoms with Gasteiger partial charge in [-0.05, 0) is 29.5 Å². The first-order valence-electron chi connectivity index (χ1n) is 5.44. The highest BCUT2D eigenvalue weighted by Crippen LogP contribution is 2.22. The van der Waals surface area contributed by atoms with E-state index in [2.05, 4.69) is 50.1 Å². The van der Waals surface area contributed by atoms with E-state index < -0.39 is 0 Å². The minimum absolute atomic E-state index is 0.466. The van der Waals surface area contributed by atoms with Crippen LogP contribution in [0.2, 0.25) is 0 Å². The third-order valence-electron chi connectivity index (χ3n) is 2.71. The molecule has 0 N–H and O–H groups in total. The molecule has 0 aromatic carbocycles. The molecule has 15 heavy (non-hydrogen) atoms. The van der Waals surface area contributed by atoms with Crippen molar-refractivity contribution in [2.45, 2.75) is 39.5 Å². The number of hydrogen-bond acceptors (Lipinski definition) is 2. The molecule has 0 bridgehead atoms. The van der Waals surface area contributed by atoms with E-state index in [1.165, 1.54) is 11.3 Å². The zero-order valence-corrected chi connectivity index (χ0v) is 9.73. The zero-order valence-electron chi connectivity index (χ0n) is 9.73. The Hall–Kier alpha value is -1.38. The summed E-state index contributed by atoms with van der Waals surface area (Å²) in [5, 5.41) is 8.06. The molecule has 0 aliphatic carbocycles. The molecule has 3 nitrogen and oxygen atoms in total. The van der Waals surface area contributed by atoms with Gasteiger partial charge in [0.05, 0.1) is 11.7 Å². The van der Waals surface area contributed by atoms with Gasteiger partial charge in [-0.25, -0.2) is 4.52 Å². The Morgan fingerprint density at radius 1 is 1.07 bits per heavy atom. The molecule has 2 heterocycles. The van der Waals surface area contributed by atoms with Crippen molar-refractivity contribution in [3.63, 3.8) is 0 Å². The van der Waals surface area contributed by atoms with E-state index >= 15 is 0 Å². The Balaban J connectivity index is 2.69. The molecule has 2 rings (SSSR count). The van der Waals surface area contributed by atoms with Crippen LogP contribution in [0.15, 0.2) is 18.3 Å². The van der Waals surface area contributed by atoms with Gasteiger partial charge in [0.25, 0.3) is 0 Å². The molecule has 0 fully saturated rings. The summed E-state index contributed by atoms with van der Waals surface area (Å²) in [5.41, 5.74) is 3.67. The van der Waals surface area contributed by atoms with Crippen molar-refractivity contribution in [1.82, 2.24) is 14.8 Å². The van der Waals surface area contributed by atoms with Gasteiger partial charge < -0.3 is 0 Å². The van der Waals surface area contributed by atoms with Crippen LogP contribution in [0.5, 0.6) is 0 Å². The molecule has 0 aliphatic heterocycles. The topological polar surface area (TPSA) is 30.2 Å². The summed E-state index contributed by atoms with van der Waals surface area (Å²) in [4.78, 5) is 0. The summed E-state index contributed by atoms with van der Waals surface area (Å²) < 4.78 is 1.93. The van der Waals surface area contributed by atoms with E-state index in [4.69, 9.17) is 0 Å². The van der Waals surface area contributed by atoms with Crippen LogP contribution in [0.3, 0.4) is 0 Å². The maximum absolute atomic E-state index is 4.11. The number of nitrogens with zero attached hydrogens (tertiary/aromatic N) is 3. The lowest BCUT2D eigenvalue weighted by Gasteiger charge is -2.12. The number of pyridine rings is 1. The zero-order chi connectivity index (χ0) is 11.0. The first-order valence-corrected chi connectivity index (χ1v) is 5.44. The summed E-state index contributed by atoms with van der Waals surface area (Å²) in [7, 11) is 0. The van der Waals surface area contributed by atoms with E-state index in [-0.39, 0.29) is 0 Å². The van der Waals surface area contributed by atoms with Crippen LogP contribution >= 0.6 is 0 Å². The van der Waals surface area contributed by atoms with E-state index in [0.29, 0.717) is 11.8 Å². The molecule has 0 saturated carbocycles. The van der Waals surface area contributed by atoms with E-state index in [0.717, 1.165) is 5.52 Å². The van der Waals surface area contributed by atoms with Crippen LogP contribution < -0.4 is 0 Å². The van der Waals surface area contributed by atoms with E-state index in [1.54, 1.807) is 0 Å². The summed E-state index contributed by atoms with van der Waals surface area (Å²) >= 11 is 0. The van der Waals surface area contributed by atoms with Crippen LogP contribution in [0.25, 0.3) is 5.52 Å². The van der Waals surface area contributed by atoms with Crippen LogP contribution in [0.4, 0.5) is 0 Å². The lowest BCUT2D eigenvalue weighted by atomic mass is 10.00. The molecule has 2 aromatic rings. The lowest BCUT2D eigenvalue weighted by Crippen LogP contribution is -2.03. The molecular weight excluding hydrogens is 186 g/mol. The van der Waals surface area contributed by atoms with E-state index in [1.807, 2.05) is 10.7 Å². The highest BCUT2D eigenvalue weighted by Gasteiger charge is 2.10.